The molecule has 5 nitrogen and oxygen atoms in total. The van der Waals surface area contributed by atoms with E-state index in [-0.39, 0.29) is 22.4 Å². The third-order valence-corrected chi connectivity index (χ3v) is 5.55. The molecule has 3 aromatic carbocycles. The molecular weight excluding hydrogens is 419 g/mol. The fourth-order valence-corrected chi connectivity index (χ4v) is 3.72. The van der Waals surface area contributed by atoms with Gasteiger partial charge in [0.25, 0.3) is 11.8 Å². The van der Waals surface area contributed by atoms with Gasteiger partial charge in [-0.2, -0.15) is 0 Å². The van der Waals surface area contributed by atoms with Crippen LogP contribution in [0.15, 0.2) is 78.5 Å². The zero-order valence-electron chi connectivity index (χ0n) is 19.0. The second-order valence-corrected chi connectivity index (χ2v) is 8.86. The van der Waals surface area contributed by atoms with E-state index in [2.05, 4.69) is 26.1 Å². The smallest absolute Gasteiger partial charge is 0.282 e. The lowest BCUT2D eigenvalue weighted by atomic mass is 9.87. The Balaban J connectivity index is 1.77. The number of carbonyl (C=O) groups excluding carboxylic acids is 2. The van der Waals surface area contributed by atoms with Crippen molar-refractivity contribution in [2.45, 2.75) is 26.2 Å². The zero-order valence-corrected chi connectivity index (χ0v) is 19.0. The van der Waals surface area contributed by atoms with E-state index in [0.29, 0.717) is 17.0 Å². The molecule has 1 aliphatic heterocycles. The molecule has 6 heteroatoms. The van der Waals surface area contributed by atoms with E-state index in [9.17, 15) is 14.0 Å². The summed E-state index contributed by atoms with van der Waals surface area (Å²) in [7, 11) is 1.55. The summed E-state index contributed by atoms with van der Waals surface area (Å²) in [6.45, 7) is 6.36. The van der Waals surface area contributed by atoms with Crippen LogP contribution in [0.5, 0.6) is 5.75 Å². The Morgan fingerprint density at radius 1 is 0.879 bits per heavy atom. The molecule has 0 bridgehead atoms. The van der Waals surface area contributed by atoms with Gasteiger partial charge in [0.1, 0.15) is 17.3 Å². The number of methoxy groups -OCH3 is 1. The molecule has 4 rings (SSSR count). The Morgan fingerprint density at radius 3 is 2.12 bits per heavy atom. The summed E-state index contributed by atoms with van der Waals surface area (Å²) in [6.07, 6.45) is 0. The third-order valence-electron chi connectivity index (χ3n) is 5.55. The number of hydrogen-bond acceptors (Lipinski definition) is 4. The number of halogens is 1. The Kier molecular flexibility index (Phi) is 5.77. The number of nitrogens with one attached hydrogen (secondary N) is 1. The van der Waals surface area contributed by atoms with Gasteiger partial charge in [-0.05, 0) is 59.0 Å². The van der Waals surface area contributed by atoms with Crippen LogP contribution in [0.1, 0.15) is 31.9 Å². The molecule has 1 heterocycles. The molecule has 168 valence electrons. The van der Waals surface area contributed by atoms with Crippen molar-refractivity contribution in [2.24, 2.45) is 0 Å². The molecular formula is C27H25FN2O3. The molecule has 0 unspecified atom stereocenters. The Labute approximate surface area is 192 Å². The molecule has 3 aromatic rings. The van der Waals surface area contributed by atoms with Crippen LogP contribution in [0.4, 0.5) is 15.8 Å². The van der Waals surface area contributed by atoms with Gasteiger partial charge in [0.05, 0.1) is 18.4 Å². The maximum Gasteiger partial charge on any atom is 0.282 e. The highest BCUT2D eigenvalue weighted by Crippen LogP contribution is 2.35. The number of rotatable bonds is 5. The van der Waals surface area contributed by atoms with Gasteiger partial charge in [0, 0.05) is 5.69 Å². The van der Waals surface area contributed by atoms with Gasteiger partial charge in [0.15, 0.2) is 0 Å². The molecule has 0 radical (unpaired) electrons. The van der Waals surface area contributed by atoms with Crippen molar-refractivity contribution in [3.05, 3.63) is 95.4 Å². The molecule has 2 amide bonds. The molecule has 0 aromatic heterocycles. The number of hydrogen-bond donors (Lipinski definition) is 1. The van der Waals surface area contributed by atoms with Gasteiger partial charge >= 0.3 is 0 Å². The second-order valence-electron chi connectivity index (χ2n) is 8.86. The highest BCUT2D eigenvalue weighted by atomic mass is 19.1. The Morgan fingerprint density at radius 2 is 1.55 bits per heavy atom. The summed E-state index contributed by atoms with van der Waals surface area (Å²) in [5, 5.41) is 3.13. The minimum Gasteiger partial charge on any atom is -0.497 e. The predicted octanol–water partition coefficient (Wildman–Crippen LogP) is 5.53. The van der Waals surface area contributed by atoms with E-state index in [1.54, 1.807) is 31.4 Å². The molecule has 0 fully saturated rings. The van der Waals surface area contributed by atoms with Crippen LogP contribution in [0, 0.1) is 5.82 Å². The maximum absolute atomic E-state index is 13.9. The van der Waals surface area contributed by atoms with Gasteiger partial charge in [-0.1, -0.05) is 51.1 Å². The van der Waals surface area contributed by atoms with Crippen LogP contribution in [-0.2, 0) is 15.0 Å². The number of imide groups is 1. The molecule has 0 saturated carbocycles. The van der Waals surface area contributed by atoms with Crippen LogP contribution in [-0.4, -0.2) is 18.9 Å². The van der Waals surface area contributed by atoms with Crippen LogP contribution in [0.2, 0.25) is 0 Å². The summed E-state index contributed by atoms with van der Waals surface area (Å²) in [4.78, 5) is 27.8. The monoisotopic (exact) mass is 444 g/mol. The van der Waals surface area contributed by atoms with E-state index in [1.807, 2.05) is 24.3 Å². The largest absolute Gasteiger partial charge is 0.497 e. The van der Waals surface area contributed by atoms with Gasteiger partial charge in [-0.3, -0.25) is 9.59 Å². The Hall–Kier alpha value is -3.93. The fourth-order valence-electron chi connectivity index (χ4n) is 3.72. The van der Waals surface area contributed by atoms with Crippen molar-refractivity contribution < 1.29 is 18.7 Å². The van der Waals surface area contributed by atoms with Gasteiger partial charge < -0.3 is 10.1 Å². The summed E-state index contributed by atoms with van der Waals surface area (Å²) < 4.78 is 19.1. The first kappa shape index (κ1) is 22.3. The molecule has 0 saturated heterocycles. The van der Waals surface area contributed by atoms with Crippen molar-refractivity contribution in [1.82, 2.24) is 0 Å². The zero-order chi connectivity index (χ0) is 23.8. The number of amides is 2. The van der Waals surface area contributed by atoms with Crippen molar-refractivity contribution in [3.8, 4) is 5.75 Å². The number of nitrogens with zero attached hydrogens (tertiary/aromatic N) is 1. The topological polar surface area (TPSA) is 58.6 Å². The van der Waals surface area contributed by atoms with Crippen molar-refractivity contribution in [3.63, 3.8) is 0 Å². The highest BCUT2D eigenvalue weighted by Gasteiger charge is 2.40. The maximum atomic E-state index is 13.9. The van der Waals surface area contributed by atoms with Crippen molar-refractivity contribution in [1.29, 1.82) is 0 Å². The number of benzene rings is 3. The lowest BCUT2D eigenvalue weighted by Crippen LogP contribution is -2.32. The average Bonchev–Trinajstić information content (AvgIpc) is 3.03. The SMILES string of the molecule is COc1ccc(C2=C(Nc3ccc(C(C)(C)C)cc3)C(=O)N(c3cccc(F)c3)C2=O)cc1. The first-order valence-corrected chi connectivity index (χ1v) is 10.6. The highest BCUT2D eigenvalue weighted by molar-refractivity contribution is 6.46. The standard InChI is InChI=1S/C27H25FN2O3/c1-27(2,3)18-10-12-20(13-11-18)29-24-23(17-8-14-22(33-4)15-9-17)25(31)30(26(24)32)21-7-5-6-19(28)16-21/h5-16,29H,1-4H3. The van der Waals surface area contributed by atoms with Crippen LogP contribution in [0.3, 0.4) is 0 Å². The minimum atomic E-state index is -0.545. The third kappa shape index (κ3) is 4.37. The molecule has 0 atom stereocenters. The molecule has 1 aliphatic rings. The normalized spacial score (nSPS) is 14.2. The van der Waals surface area contributed by atoms with E-state index < -0.39 is 17.6 Å². The lowest BCUT2D eigenvalue weighted by Gasteiger charge is -2.19. The Bertz CT molecular complexity index is 1240. The van der Waals surface area contributed by atoms with E-state index in [1.165, 1.54) is 24.3 Å². The lowest BCUT2D eigenvalue weighted by molar-refractivity contribution is -0.120. The fraction of sp³-hybridized carbons (Fsp3) is 0.185. The predicted molar refractivity (Wildman–Crippen MR) is 128 cm³/mol. The van der Waals surface area contributed by atoms with Gasteiger partial charge in [-0.15, -0.1) is 0 Å². The van der Waals surface area contributed by atoms with Gasteiger partial charge in [-0.25, -0.2) is 9.29 Å². The summed E-state index contributed by atoms with van der Waals surface area (Å²) >= 11 is 0. The van der Waals surface area contributed by atoms with E-state index in [0.717, 1.165) is 10.5 Å². The van der Waals surface area contributed by atoms with Crippen molar-refractivity contribution in [2.75, 3.05) is 17.3 Å². The summed E-state index contributed by atoms with van der Waals surface area (Å²) in [6, 6.07) is 20.1. The van der Waals surface area contributed by atoms with Crippen molar-refractivity contribution >= 4 is 28.8 Å². The molecule has 0 aliphatic carbocycles. The summed E-state index contributed by atoms with van der Waals surface area (Å²) in [5.74, 6) is -0.968. The van der Waals surface area contributed by atoms with E-state index >= 15 is 0 Å². The average molecular weight is 445 g/mol. The van der Waals surface area contributed by atoms with Crippen LogP contribution >= 0.6 is 0 Å². The molecule has 0 spiro atoms. The first-order valence-electron chi connectivity index (χ1n) is 10.6. The van der Waals surface area contributed by atoms with Crippen LogP contribution in [0.25, 0.3) is 5.57 Å². The van der Waals surface area contributed by atoms with E-state index in [4.69, 9.17) is 4.74 Å². The number of ether oxygens (including phenoxy) is 1. The first-order chi connectivity index (χ1) is 15.7. The summed E-state index contributed by atoms with van der Waals surface area (Å²) in [5.41, 5.74) is 2.89. The number of carbonyl (C=O) groups is 2. The molecule has 33 heavy (non-hydrogen) atoms. The van der Waals surface area contributed by atoms with Gasteiger partial charge in [0.2, 0.25) is 0 Å². The minimum absolute atomic E-state index is 0.0145. The quantitative estimate of drug-likeness (QED) is 0.526. The second kappa shape index (κ2) is 8.54. The number of anilines is 2. The van der Waals surface area contributed by atoms with Crippen LogP contribution < -0.4 is 15.0 Å². The molecule has 1 N–H and O–H groups in total.